The van der Waals surface area contributed by atoms with Crippen LogP contribution in [0.4, 0.5) is 5.82 Å². The molecule has 0 spiro atoms. The van der Waals surface area contributed by atoms with E-state index in [1.807, 2.05) is 19.1 Å². The summed E-state index contributed by atoms with van der Waals surface area (Å²) in [5.74, 6) is 2.42. The van der Waals surface area contributed by atoms with Crippen molar-refractivity contribution >= 4 is 11.7 Å². The van der Waals surface area contributed by atoms with Crippen molar-refractivity contribution in [1.82, 2.24) is 10.1 Å². The monoisotopic (exact) mass is 353 g/mol. The molecule has 3 rings (SSSR count). The lowest BCUT2D eigenvalue weighted by atomic mass is 10.2. The maximum atomic E-state index is 12.3. The highest BCUT2D eigenvalue weighted by Crippen LogP contribution is 2.23. The molecule has 0 fully saturated rings. The van der Waals surface area contributed by atoms with E-state index in [4.69, 9.17) is 14.0 Å². The van der Waals surface area contributed by atoms with Crippen LogP contribution in [0.2, 0.25) is 0 Å². The third-order valence-electron chi connectivity index (χ3n) is 3.50. The summed E-state index contributed by atoms with van der Waals surface area (Å²) in [4.78, 5) is 16.4. The molecule has 7 heteroatoms. The quantitative estimate of drug-likeness (QED) is 0.692. The van der Waals surface area contributed by atoms with Crippen LogP contribution in [0.1, 0.15) is 19.1 Å². The van der Waals surface area contributed by atoms with Crippen LogP contribution in [0.15, 0.2) is 59.3 Å². The number of benzene rings is 1. The van der Waals surface area contributed by atoms with Crippen molar-refractivity contribution < 1.29 is 18.8 Å². The Bertz CT molecular complexity index is 847. The van der Waals surface area contributed by atoms with Gasteiger partial charge in [0.2, 0.25) is 5.88 Å². The zero-order chi connectivity index (χ0) is 18.4. The van der Waals surface area contributed by atoms with Gasteiger partial charge >= 0.3 is 0 Å². The lowest BCUT2D eigenvalue weighted by Gasteiger charge is -2.16. The van der Waals surface area contributed by atoms with E-state index in [2.05, 4.69) is 15.5 Å². The maximum Gasteiger partial charge on any atom is 0.266 e. The van der Waals surface area contributed by atoms with Crippen molar-refractivity contribution in [3.05, 3.63) is 60.5 Å². The Kier molecular flexibility index (Phi) is 5.48. The predicted molar refractivity (Wildman–Crippen MR) is 95.3 cm³/mol. The van der Waals surface area contributed by atoms with Crippen LogP contribution in [-0.4, -0.2) is 22.2 Å². The fourth-order valence-corrected chi connectivity index (χ4v) is 2.23. The summed E-state index contributed by atoms with van der Waals surface area (Å²) in [6.07, 6.45) is 1.53. The zero-order valence-corrected chi connectivity index (χ0v) is 14.5. The number of aromatic nitrogens is 2. The van der Waals surface area contributed by atoms with Crippen molar-refractivity contribution in [2.45, 2.75) is 26.4 Å². The van der Waals surface area contributed by atoms with Gasteiger partial charge in [-0.05, 0) is 43.7 Å². The van der Waals surface area contributed by atoms with E-state index in [-0.39, 0.29) is 5.91 Å². The highest BCUT2D eigenvalue weighted by molar-refractivity contribution is 5.93. The fraction of sp³-hybridized carbons (Fsp3) is 0.211. The number of carbonyl (C=O) groups is 1. The van der Waals surface area contributed by atoms with Crippen LogP contribution < -0.4 is 14.8 Å². The number of amides is 1. The summed E-state index contributed by atoms with van der Waals surface area (Å²) >= 11 is 0. The minimum Gasteiger partial charge on any atom is -0.481 e. The minimum atomic E-state index is -0.644. The van der Waals surface area contributed by atoms with Crippen molar-refractivity contribution in [3.63, 3.8) is 0 Å². The number of carbonyl (C=O) groups excluding carboxylic acids is 1. The zero-order valence-electron chi connectivity index (χ0n) is 14.5. The first-order valence-corrected chi connectivity index (χ1v) is 8.24. The smallest absolute Gasteiger partial charge is 0.266 e. The van der Waals surface area contributed by atoms with Gasteiger partial charge in [-0.1, -0.05) is 18.1 Å². The number of pyridine rings is 1. The molecule has 1 atom stereocenters. The predicted octanol–water partition coefficient (Wildman–Crippen LogP) is 3.97. The van der Waals surface area contributed by atoms with Crippen LogP contribution in [0.3, 0.4) is 0 Å². The third-order valence-corrected chi connectivity index (χ3v) is 3.50. The van der Waals surface area contributed by atoms with Gasteiger partial charge in [0.25, 0.3) is 5.91 Å². The second kappa shape index (κ2) is 8.15. The average molecular weight is 353 g/mol. The SMILES string of the molecule is CCC(Oc1ccc(Oc2ccccn2)cc1)C(=O)Nc1cc(C)on1. The summed E-state index contributed by atoms with van der Waals surface area (Å²) in [6, 6.07) is 14.1. The van der Waals surface area contributed by atoms with Gasteiger partial charge in [-0.15, -0.1) is 0 Å². The molecule has 0 aliphatic rings. The number of anilines is 1. The first kappa shape index (κ1) is 17.5. The average Bonchev–Trinajstić information content (AvgIpc) is 3.06. The first-order valence-electron chi connectivity index (χ1n) is 8.24. The molecule has 0 aliphatic heterocycles. The molecule has 0 saturated heterocycles. The van der Waals surface area contributed by atoms with E-state index in [0.717, 1.165) is 0 Å². The number of aryl methyl sites for hydroxylation is 1. The molecule has 7 nitrogen and oxygen atoms in total. The molecule has 2 heterocycles. The van der Waals surface area contributed by atoms with Gasteiger partial charge in [0.15, 0.2) is 11.9 Å². The Hall–Kier alpha value is -3.35. The van der Waals surface area contributed by atoms with Crippen molar-refractivity contribution in [3.8, 4) is 17.4 Å². The van der Waals surface area contributed by atoms with Crippen LogP contribution in [0, 0.1) is 6.92 Å². The Morgan fingerprint density at radius 3 is 2.58 bits per heavy atom. The van der Waals surface area contributed by atoms with E-state index >= 15 is 0 Å². The van der Waals surface area contributed by atoms with Gasteiger partial charge in [-0.25, -0.2) is 4.98 Å². The van der Waals surface area contributed by atoms with Gasteiger partial charge in [-0.3, -0.25) is 4.79 Å². The van der Waals surface area contributed by atoms with Crippen LogP contribution in [0.25, 0.3) is 0 Å². The number of nitrogens with zero attached hydrogens (tertiary/aromatic N) is 2. The van der Waals surface area contributed by atoms with Crippen LogP contribution in [-0.2, 0) is 4.79 Å². The van der Waals surface area contributed by atoms with Crippen molar-refractivity contribution in [1.29, 1.82) is 0 Å². The number of rotatable bonds is 7. The molecule has 134 valence electrons. The molecule has 2 aromatic heterocycles. The second-order valence-corrected chi connectivity index (χ2v) is 5.57. The summed E-state index contributed by atoms with van der Waals surface area (Å²) in [5.41, 5.74) is 0. The molecule has 1 N–H and O–H groups in total. The third kappa shape index (κ3) is 4.60. The number of hydrogen-bond donors (Lipinski definition) is 1. The molecule has 0 bridgehead atoms. The lowest BCUT2D eigenvalue weighted by Crippen LogP contribution is -2.32. The molecule has 3 aromatic rings. The molecule has 1 unspecified atom stereocenters. The van der Waals surface area contributed by atoms with E-state index in [1.54, 1.807) is 49.5 Å². The number of nitrogens with one attached hydrogen (secondary N) is 1. The lowest BCUT2D eigenvalue weighted by molar-refractivity contribution is -0.122. The first-order chi connectivity index (χ1) is 12.6. The molecule has 1 aromatic carbocycles. The van der Waals surface area contributed by atoms with Crippen molar-refractivity contribution in [2.24, 2.45) is 0 Å². The molecular weight excluding hydrogens is 334 g/mol. The van der Waals surface area contributed by atoms with Crippen LogP contribution >= 0.6 is 0 Å². The van der Waals surface area contributed by atoms with Crippen molar-refractivity contribution in [2.75, 3.05) is 5.32 Å². The molecule has 1 amide bonds. The maximum absolute atomic E-state index is 12.3. The second-order valence-electron chi connectivity index (χ2n) is 5.57. The Labute approximate surface area is 150 Å². The largest absolute Gasteiger partial charge is 0.481 e. The molecule has 0 aliphatic carbocycles. The summed E-state index contributed by atoms with van der Waals surface area (Å²) < 4.78 is 16.3. The topological polar surface area (TPSA) is 86.5 Å². The molecule has 0 radical (unpaired) electrons. The highest BCUT2D eigenvalue weighted by Gasteiger charge is 2.19. The summed E-state index contributed by atoms with van der Waals surface area (Å²) in [5, 5.41) is 6.42. The van der Waals surface area contributed by atoms with Gasteiger partial charge in [0, 0.05) is 18.3 Å². The number of ether oxygens (including phenoxy) is 2. The Morgan fingerprint density at radius 1 is 1.19 bits per heavy atom. The number of hydrogen-bond acceptors (Lipinski definition) is 6. The molecule has 0 saturated carbocycles. The van der Waals surface area contributed by atoms with Gasteiger partial charge in [0.1, 0.15) is 17.3 Å². The van der Waals surface area contributed by atoms with E-state index in [0.29, 0.717) is 35.4 Å². The summed E-state index contributed by atoms with van der Waals surface area (Å²) in [7, 11) is 0. The van der Waals surface area contributed by atoms with Gasteiger partial charge in [-0.2, -0.15) is 0 Å². The minimum absolute atomic E-state index is 0.283. The Morgan fingerprint density at radius 2 is 1.96 bits per heavy atom. The normalized spacial score (nSPS) is 11.6. The summed E-state index contributed by atoms with van der Waals surface area (Å²) in [6.45, 7) is 3.63. The van der Waals surface area contributed by atoms with Gasteiger partial charge < -0.3 is 19.3 Å². The molecular formula is C19H19N3O4. The van der Waals surface area contributed by atoms with E-state index < -0.39 is 6.10 Å². The van der Waals surface area contributed by atoms with E-state index in [1.165, 1.54) is 0 Å². The fourth-order valence-electron chi connectivity index (χ4n) is 2.23. The van der Waals surface area contributed by atoms with E-state index in [9.17, 15) is 4.79 Å². The highest BCUT2D eigenvalue weighted by atomic mass is 16.5. The van der Waals surface area contributed by atoms with Gasteiger partial charge in [0.05, 0.1) is 0 Å². The molecule has 26 heavy (non-hydrogen) atoms. The standard InChI is InChI=1S/C19H19N3O4/c1-3-16(19(23)21-17-12-13(2)26-22-17)24-14-7-9-15(10-8-14)25-18-6-4-5-11-20-18/h4-12,16H,3H2,1-2H3,(H,21,22,23). The van der Waals surface area contributed by atoms with Crippen LogP contribution in [0.5, 0.6) is 17.4 Å². The Balaban J connectivity index is 1.60.